The minimum absolute atomic E-state index is 0.142. The van der Waals surface area contributed by atoms with Gasteiger partial charge in [0.05, 0.1) is 19.8 Å². The summed E-state index contributed by atoms with van der Waals surface area (Å²) in [6.07, 6.45) is -4.44. The van der Waals surface area contributed by atoms with Gasteiger partial charge in [0.15, 0.2) is 11.5 Å². The second-order valence-electron chi connectivity index (χ2n) is 5.99. The number of alkyl halides is 3. The van der Waals surface area contributed by atoms with E-state index in [1.807, 2.05) is 0 Å². The van der Waals surface area contributed by atoms with Gasteiger partial charge >= 0.3 is 6.18 Å². The number of nitrogens with zero attached hydrogens (tertiary/aromatic N) is 1. The zero-order valence-electron chi connectivity index (χ0n) is 15.5. The summed E-state index contributed by atoms with van der Waals surface area (Å²) in [5, 5.41) is 4.59. The molecule has 3 rings (SSSR count). The number of amides is 1. The average molecular weight is 422 g/mol. The lowest BCUT2D eigenvalue weighted by Gasteiger charge is -2.10. The Labute approximate surface area is 169 Å². The van der Waals surface area contributed by atoms with Gasteiger partial charge in [-0.1, -0.05) is 18.2 Å². The number of nitrogens with one attached hydrogen (secondary N) is 1. The molecule has 1 N–H and O–H groups in total. The van der Waals surface area contributed by atoms with Gasteiger partial charge in [0.2, 0.25) is 0 Å². The Balaban J connectivity index is 1.70. The summed E-state index contributed by atoms with van der Waals surface area (Å²) in [6, 6.07) is 10.1. The third-order valence-electron chi connectivity index (χ3n) is 4.07. The van der Waals surface area contributed by atoms with Crippen LogP contribution in [-0.2, 0) is 12.7 Å². The fraction of sp³-hybridized carbons (Fsp3) is 0.200. The average Bonchev–Trinajstić information content (AvgIpc) is 3.21. The Hall–Kier alpha value is -3.07. The molecule has 1 heterocycles. The molecule has 152 valence electrons. The highest BCUT2D eigenvalue weighted by Gasteiger charge is 2.30. The van der Waals surface area contributed by atoms with Crippen LogP contribution in [0.15, 0.2) is 47.8 Å². The summed E-state index contributed by atoms with van der Waals surface area (Å²) in [5.74, 6) is 0.696. The Morgan fingerprint density at radius 2 is 1.86 bits per heavy atom. The molecule has 0 aliphatic heterocycles. The minimum atomic E-state index is -4.44. The highest BCUT2D eigenvalue weighted by atomic mass is 32.1. The van der Waals surface area contributed by atoms with E-state index in [0.29, 0.717) is 22.1 Å². The predicted molar refractivity (Wildman–Crippen MR) is 103 cm³/mol. The second kappa shape index (κ2) is 8.52. The van der Waals surface area contributed by atoms with Crippen LogP contribution in [-0.4, -0.2) is 25.1 Å². The molecule has 0 radical (unpaired) electrons. The van der Waals surface area contributed by atoms with E-state index >= 15 is 0 Å². The molecule has 0 unspecified atom stereocenters. The minimum Gasteiger partial charge on any atom is -0.493 e. The maximum Gasteiger partial charge on any atom is 0.416 e. The van der Waals surface area contributed by atoms with E-state index in [1.54, 1.807) is 18.2 Å². The van der Waals surface area contributed by atoms with Crippen molar-refractivity contribution in [2.75, 3.05) is 14.2 Å². The van der Waals surface area contributed by atoms with Crippen molar-refractivity contribution < 1.29 is 27.4 Å². The normalized spacial score (nSPS) is 11.2. The van der Waals surface area contributed by atoms with Crippen molar-refractivity contribution in [2.45, 2.75) is 12.7 Å². The quantitative estimate of drug-likeness (QED) is 0.621. The SMILES string of the molecule is COc1ccc(CNC(=O)c2csc(-c3cccc(C(F)(F)F)c3)n2)cc1OC. The van der Waals surface area contributed by atoms with Crippen LogP contribution in [0, 0.1) is 0 Å². The molecule has 0 atom stereocenters. The van der Waals surface area contributed by atoms with Crippen LogP contribution >= 0.6 is 11.3 Å². The number of benzene rings is 2. The highest BCUT2D eigenvalue weighted by molar-refractivity contribution is 7.13. The molecule has 5 nitrogen and oxygen atoms in total. The number of aromatic nitrogens is 1. The molecule has 0 aliphatic rings. The van der Waals surface area contributed by atoms with Crippen molar-refractivity contribution in [3.63, 3.8) is 0 Å². The van der Waals surface area contributed by atoms with Crippen LogP contribution < -0.4 is 14.8 Å². The van der Waals surface area contributed by atoms with E-state index < -0.39 is 17.6 Å². The van der Waals surface area contributed by atoms with Gasteiger partial charge in [-0.05, 0) is 29.8 Å². The molecular formula is C20H17F3N2O3S. The van der Waals surface area contributed by atoms with E-state index in [9.17, 15) is 18.0 Å². The summed E-state index contributed by atoms with van der Waals surface area (Å²) in [7, 11) is 3.05. The smallest absolute Gasteiger partial charge is 0.416 e. The topological polar surface area (TPSA) is 60.5 Å². The zero-order chi connectivity index (χ0) is 21.0. The van der Waals surface area contributed by atoms with Crippen LogP contribution in [0.4, 0.5) is 13.2 Å². The monoisotopic (exact) mass is 422 g/mol. The first kappa shape index (κ1) is 20.7. The Kier molecular flexibility index (Phi) is 6.07. The summed E-state index contributed by atoms with van der Waals surface area (Å²) in [6.45, 7) is 0.232. The van der Waals surface area contributed by atoms with Crippen LogP contribution in [0.3, 0.4) is 0 Å². The van der Waals surface area contributed by atoms with Crippen molar-refractivity contribution >= 4 is 17.2 Å². The fourth-order valence-electron chi connectivity index (χ4n) is 2.60. The first-order valence-electron chi connectivity index (χ1n) is 8.44. The van der Waals surface area contributed by atoms with Crippen LogP contribution in [0.5, 0.6) is 11.5 Å². The largest absolute Gasteiger partial charge is 0.493 e. The van der Waals surface area contributed by atoms with E-state index in [2.05, 4.69) is 10.3 Å². The molecule has 0 bridgehead atoms. The molecule has 9 heteroatoms. The lowest BCUT2D eigenvalue weighted by Crippen LogP contribution is -2.23. The Bertz CT molecular complexity index is 1020. The predicted octanol–water partition coefficient (Wildman–Crippen LogP) is 4.78. The van der Waals surface area contributed by atoms with E-state index in [0.717, 1.165) is 29.0 Å². The van der Waals surface area contributed by atoms with Gasteiger partial charge < -0.3 is 14.8 Å². The number of rotatable bonds is 6. The number of halogens is 3. The lowest BCUT2D eigenvalue weighted by atomic mass is 10.1. The highest BCUT2D eigenvalue weighted by Crippen LogP contribution is 2.33. The van der Waals surface area contributed by atoms with Gasteiger partial charge in [-0.15, -0.1) is 11.3 Å². The molecule has 1 aromatic heterocycles. The Morgan fingerprint density at radius 1 is 1.10 bits per heavy atom. The number of hydrogen-bond acceptors (Lipinski definition) is 5. The third kappa shape index (κ3) is 4.86. The number of carbonyl (C=O) groups excluding carboxylic acids is 1. The number of thiazole rings is 1. The van der Waals surface area contributed by atoms with Crippen molar-refractivity contribution in [1.82, 2.24) is 10.3 Å². The number of ether oxygens (including phenoxy) is 2. The fourth-order valence-corrected chi connectivity index (χ4v) is 3.40. The van der Waals surface area contributed by atoms with Gasteiger partial charge in [-0.2, -0.15) is 13.2 Å². The van der Waals surface area contributed by atoms with E-state index in [4.69, 9.17) is 9.47 Å². The van der Waals surface area contributed by atoms with Gasteiger partial charge in [0.25, 0.3) is 5.91 Å². The van der Waals surface area contributed by atoms with Crippen LogP contribution in [0.25, 0.3) is 10.6 Å². The first-order valence-corrected chi connectivity index (χ1v) is 9.32. The van der Waals surface area contributed by atoms with Gasteiger partial charge in [0, 0.05) is 17.5 Å². The van der Waals surface area contributed by atoms with Gasteiger partial charge in [-0.3, -0.25) is 4.79 Å². The van der Waals surface area contributed by atoms with Crippen molar-refractivity contribution in [2.24, 2.45) is 0 Å². The standard InChI is InChI=1S/C20H17F3N2O3S/c1-27-16-7-6-12(8-17(16)28-2)10-24-18(26)15-11-29-19(25-15)13-4-3-5-14(9-13)20(21,22)23/h3-9,11H,10H2,1-2H3,(H,24,26). The number of methoxy groups -OCH3 is 2. The Morgan fingerprint density at radius 3 is 2.55 bits per heavy atom. The molecule has 0 fully saturated rings. The molecule has 0 aliphatic carbocycles. The summed E-state index contributed by atoms with van der Waals surface area (Å²) >= 11 is 1.11. The second-order valence-corrected chi connectivity index (χ2v) is 6.85. The number of carbonyl (C=O) groups is 1. The third-order valence-corrected chi connectivity index (χ3v) is 4.97. The maximum absolute atomic E-state index is 12.9. The molecular weight excluding hydrogens is 405 g/mol. The van der Waals surface area contributed by atoms with Crippen molar-refractivity contribution in [3.05, 3.63) is 64.7 Å². The molecule has 0 spiro atoms. The molecule has 0 saturated carbocycles. The first-order chi connectivity index (χ1) is 13.8. The molecule has 3 aromatic rings. The van der Waals surface area contributed by atoms with Gasteiger partial charge in [0.1, 0.15) is 10.7 Å². The lowest BCUT2D eigenvalue weighted by molar-refractivity contribution is -0.137. The van der Waals surface area contributed by atoms with Crippen LogP contribution in [0.1, 0.15) is 21.6 Å². The van der Waals surface area contributed by atoms with Crippen molar-refractivity contribution in [3.8, 4) is 22.1 Å². The van der Waals surface area contributed by atoms with Gasteiger partial charge in [-0.25, -0.2) is 4.98 Å². The molecule has 0 saturated heterocycles. The number of hydrogen-bond donors (Lipinski definition) is 1. The van der Waals surface area contributed by atoms with E-state index in [-0.39, 0.29) is 12.2 Å². The van der Waals surface area contributed by atoms with Crippen molar-refractivity contribution in [1.29, 1.82) is 0 Å². The zero-order valence-corrected chi connectivity index (χ0v) is 16.4. The summed E-state index contributed by atoms with van der Waals surface area (Å²) in [4.78, 5) is 16.5. The molecule has 2 aromatic carbocycles. The summed E-state index contributed by atoms with van der Waals surface area (Å²) in [5.41, 5.74) is 0.487. The maximum atomic E-state index is 12.9. The molecule has 29 heavy (non-hydrogen) atoms. The molecule has 1 amide bonds. The summed E-state index contributed by atoms with van der Waals surface area (Å²) < 4.78 is 49.0. The van der Waals surface area contributed by atoms with E-state index in [1.165, 1.54) is 31.7 Å². The van der Waals surface area contributed by atoms with Crippen LogP contribution in [0.2, 0.25) is 0 Å².